The number of carbonyl (C=O) groups is 1. The number of nitrogens with one attached hydrogen (secondary N) is 1. The van der Waals surface area contributed by atoms with Crippen molar-refractivity contribution in [2.75, 3.05) is 39.3 Å². The fourth-order valence-electron chi connectivity index (χ4n) is 4.53. The van der Waals surface area contributed by atoms with E-state index >= 15 is 0 Å². The Kier molecular flexibility index (Phi) is 5.50. The summed E-state index contributed by atoms with van der Waals surface area (Å²) in [5.41, 5.74) is 2.28. The third-order valence-electron chi connectivity index (χ3n) is 6.07. The molecule has 0 radical (unpaired) electrons. The van der Waals surface area contributed by atoms with Crippen LogP contribution in [0, 0.1) is 5.92 Å². The van der Waals surface area contributed by atoms with Crippen molar-refractivity contribution >= 4 is 5.91 Å². The van der Waals surface area contributed by atoms with E-state index < -0.39 is 0 Å². The summed E-state index contributed by atoms with van der Waals surface area (Å²) in [6.45, 7) is 8.50. The Bertz CT molecular complexity index is 643. The van der Waals surface area contributed by atoms with Crippen LogP contribution in [0.2, 0.25) is 0 Å². The van der Waals surface area contributed by atoms with Crippen LogP contribution in [0.1, 0.15) is 55.6 Å². The average Bonchev–Trinajstić information content (AvgIpc) is 2.68. The summed E-state index contributed by atoms with van der Waals surface area (Å²) in [4.78, 5) is 26.5. The molecule has 0 saturated carbocycles. The van der Waals surface area contributed by atoms with Gasteiger partial charge in [0.15, 0.2) is 0 Å². The highest BCUT2D eigenvalue weighted by atomic mass is 16.2. The molecule has 142 valence electrons. The second-order valence-corrected chi connectivity index (χ2v) is 8.29. The van der Waals surface area contributed by atoms with Gasteiger partial charge in [0.1, 0.15) is 5.82 Å². The van der Waals surface area contributed by atoms with Crippen LogP contribution in [-0.2, 0) is 17.8 Å². The second kappa shape index (κ2) is 8.01. The van der Waals surface area contributed by atoms with Gasteiger partial charge in [0.25, 0.3) is 0 Å². The van der Waals surface area contributed by atoms with Gasteiger partial charge in [0, 0.05) is 50.3 Å². The summed E-state index contributed by atoms with van der Waals surface area (Å²) in [5.74, 6) is 2.39. The zero-order chi connectivity index (χ0) is 17.9. The molecule has 3 aliphatic rings. The molecule has 4 rings (SSSR count). The Balaban J connectivity index is 1.37. The van der Waals surface area contributed by atoms with Crippen molar-refractivity contribution < 1.29 is 4.79 Å². The molecule has 3 aliphatic heterocycles. The summed E-state index contributed by atoms with van der Waals surface area (Å²) in [7, 11) is 0. The van der Waals surface area contributed by atoms with E-state index in [0.29, 0.717) is 24.9 Å². The Labute approximate surface area is 156 Å². The van der Waals surface area contributed by atoms with Crippen molar-refractivity contribution in [2.45, 2.75) is 51.5 Å². The predicted octanol–water partition coefficient (Wildman–Crippen LogP) is 1.56. The molecule has 1 aromatic heterocycles. The van der Waals surface area contributed by atoms with Crippen LogP contribution < -0.4 is 5.32 Å². The van der Waals surface area contributed by atoms with Crippen LogP contribution in [0.4, 0.5) is 0 Å². The molecule has 4 heterocycles. The predicted molar refractivity (Wildman–Crippen MR) is 101 cm³/mol. The molecule has 6 nitrogen and oxygen atoms in total. The maximum absolute atomic E-state index is 12.7. The number of nitrogens with zero attached hydrogens (tertiary/aromatic N) is 4. The van der Waals surface area contributed by atoms with Gasteiger partial charge >= 0.3 is 0 Å². The largest absolute Gasteiger partial charge is 0.337 e. The number of fused-ring (bicyclic) bond motifs is 1. The smallest absolute Gasteiger partial charge is 0.237 e. The molecule has 2 atom stereocenters. The van der Waals surface area contributed by atoms with Gasteiger partial charge in [-0.2, -0.15) is 0 Å². The molecule has 0 aliphatic carbocycles. The van der Waals surface area contributed by atoms with E-state index in [2.05, 4.69) is 22.1 Å². The lowest BCUT2D eigenvalue weighted by Gasteiger charge is -2.34. The van der Waals surface area contributed by atoms with Gasteiger partial charge in [0.05, 0.1) is 12.2 Å². The molecule has 1 amide bonds. The van der Waals surface area contributed by atoms with Gasteiger partial charge in [-0.25, -0.2) is 9.97 Å². The van der Waals surface area contributed by atoms with Crippen LogP contribution in [-0.4, -0.2) is 64.9 Å². The number of hydrogen-bond donors (Lipinski definition) is 1. The molecular weight excluding hydrogens is 326 g/mol. The van der Waals surface area contributed by atoms with E-state index in [4.69, 9.17) is 4.98 Å². The Morgan fingerprint density at radius 1 is 1.31 bits per heavy atom. The zero-order valence-corrected chi connectivity index (χ0v) is 15.9. The first kappa shape index (κ1) is 17.9. The lowest BCUT2D eigenvalue weighted by Crippen LogP contribution is -2.45. The first-order valence-corrected chi connectivity index (χ1v) is 10.2. The minimum Gasteiger partial charge on any atom is -0.337 e. The molecular formula is C20H31N5O. The summed E-state index contributed by atoms with van der Waals surface area (Å²) in [5, 5.41) is 3.44. The van der Waals surface area contributed by atoms with E-state index in [1.807, 2.05) is 11.1 Å². The molecule has 26 heavy (non-hydrogen) atoms. The minimum absolute atomic E-state index is 0.255. The van der Waals surface area contributed by atoms with Crippen molar-refractivity contribution in [3.05, 3.63) is 23.3 Å². The molecule has 2 saturated heterocycles. The molecule has 0 bridgehead atoms. The van der Waals surface area contributed by atoms with Crippen molar-refractivity contribution in [3.8, 4) is 0 Å². The number of piperidine rings is 2. The van der Waals surface area contributed by atoms with E-state index in [-0.39, 0.29) is 5.91 Å². The summed E-state index contributed by atoms with van der Waals surface area (Å²) < 4.78 is 0. The Hall–Kier alpha value is -1.53. The number of rotatable bonds is 3. The lowest BCUT2D eigenvalue weighted by molar-refractivity contribution is -0.133. The van der Waals surface area contributed by atoms with Gasteiger partial charge in [-0.15, -0.1) is 0 Å². The minimum atomic E-state index is 0.255. The van der Waals surface area contributed by atoms with Gasteiger partial charge in [0.2, 0.25) is 5.91 Å². The Morgan fingerprint density at radius 3 is 3.04 bits per heavy atom. The summed E-state index contributed by atoms with van der Waals surface area (Å²) in [6.07, 6.45) is 7.69. The zero-order valence-electron chi connectivity index (χ0n) is 15.9. The maximum Gasteiger partial charge on any atom is 0.237 e. The third-order valence-corrected chi connectivity index (χ3v) is 6.07. The fraction of sp³-hybridized carbons (Fsp3) is 0.750. The fourth-order valence-corrected chi connectivity index (χ4v) is 4.53. The average molecular weight is 358 g/mol. The number of aromatic nitrogens is 2. The maximum atomic E-state index is 12.7. The molecule has 1 N–H and O–H groups in total. The van der Waals surface area contributed by atoms with Crippen LogP contribution in [0.5, 0.6) is 0 Å². The second-order valence-electron chi connectivity index (χ2n) is 8.29. The molecule has 2 fully saturated rings. The number of hydrogen-bond acceptors (Lipinski definition) is 5. The van der Waals surface area contributed by atoms with Crippen molar-refractivity contribution in [2.24, 2.45) is 5.92 Å². The van der Waals surface area contributed by atoms with Crippen LogP contribution in [0.15, 0.2) is 6.20 Å². The quantitative estimate of drug-likeness (QED) is 0.890. The number of amides is 1. The molecule has 6 heteroatoms. The van der Waals surface area contributed by atoms with Crippen LogP contribution >= 0.6 is 0 Å². The van der Waals surface area contributed by atoms with E-state index in [1.54, 1.807) is 0 Å². The first-order chi connectivity index (χ1) is 12.7. The highest BCUT2D eigenvalue weighted by molar-refractivity contribution is 5.78. The Morgan fingerprint density at radius 2 is 2.23 bits per heavy atom. The van der Waals surface area contributed by atoms with E-state index in [0.717, 1.165) is 56.2 Å². The topological polar surface area (TPSA) is 61.4 Å². The van der Waals surface area contributed by atoms with Gasteiger partial charge in [-0.05, 0) is 44.7 Å². The van der Waals surface area contributed by atoms with Crippen molar-refractivity contribution in [1.82, 2.24) is 25.1 Å². The van der Waals surface area contributed by atoms with Gasteiger partial charge in [-0.1, -0.05) is 6.92 Å². The highest BCUT2D eigenvalue weighted by Gasteiger charge is 2.26. The van der Waals surface area contributed by atoms with Crippen LogP contribution in [0.3, 0.4) is 0 Å². The van der Waals surface area contributed by atoms with Gasteiger partial charge in [-0.3, -0.25) is 9.69 Å². The van der Waals surface area contributed by atoms with Gasteiger partial charge < -0.3 is 10.2 Å². The first-order valence-electron chi connectivity index (χ1n) is 10.2. The molecule has 0 unspecified atom stereocenters. The summed E-state index contributed by atoms with van der Waals surface area (Å²) >= 11 is 0. The molecule has 1 aromatic rings. The number of likely N-dealkylation sites (tertiary alicyclic amines) is 1. The molecule has 0 aromatic carbocycles. The lowest BCUT2D eigenvalue weighted by atomic mass is 9.98. The van der Waals surface area contributed by atoms with Crippen molar-refractivity contribution in [3.63, 3.8) is 0 Å². The normalized spacial score (nSPS) is 27.2. The van der Waals surface area contributed by atoms with Crippen LogP contribution in [0.25, 0.3) is 0 Å². The third kappa shape index (κ3) is 4.07. The monoisotopic (exact) mass is 357 g/mol. The van der Waals surface area contributed by atoms with Crippen molar-refractivity contribution in [1.29, 1.82) is 0 Å². The highest BCUT2D eigenvalue weighted by Crippen LogP contribution is 2.23. The molecule has 0 spiro atoms. The standard InChI is InChI=1S/C20H31N5O/c1-15-4-3-8-24(12-15)14-19(26)25-9-6-18-17(13-25)11-22-20(23-18)16-5-2-7-21-10-16/h11,15-16,21H,2-10,12-14H2,1H3/t15-,16-/m1/s1. The SMILES string of the molecule is C[C@@H]1CCCN(CC(=O)N2CCc3nc([C@@H]4CCCNC4)ncc3C2)C1. The number of carbonyl (C=O) groups excluding carboxylic acids is 1. The summed E-state index contributed by atoms with van der Waals surface area (Å²) in [6, 6.07) is 0. The van der Waals surface area contributed by atoms with E-state index in [9.17, 15) is 4.79 Å². The van der Waals surface area contributed by atoms with E-state index in [1.165, 1.54) is 25.7 Å².